The lowest BCUT2D eigenvalue weighted by molar-refractivity contribution is 0.0106. The van der Waals surface area contributed by atoms with Gasteiger partial charge in [0.25, 0.3) is 0 Å². The number of piperidine rings is 1. The maximum atomic E-state index is 13.0. The molecule has 1 N–H and O–H groups in total. The van der Waals surface area contributed by atoms with Crippen molar-refractivity contribution in [2.45, 2.75) is 51.8 Å². The van der Waals surface area contributed by atoms with Gasteiger partial charge in [-0.2, -0.15) is 0 Å². The van der Waals surface area contributed by atoms with Gasteiger partial charge >= 0.3 is 6.09 Å². The van der Waals surface area contributed by atoms with Gasteiger partial charge in [-0.05, 0) is 58.8 Å². The molecule has 1 aliphatic heterocycles. The molecule has 1 heterocycles. The number of amides is 1. The third-order valence-electron chi connectivity index (χ3n) is 4.52. The topological polar surface area (TPSA) is 54.0 Å². The highest BCUT2D eigenvalue weighted by atomic mass is 16.6. The molecule has 0 radical (unpaired) electrons. The van der Waals surface area contributed by atoms with Crippen molar-refractivity contribution >= 4 is 11.8 Å². The number of nitrogens with zero attached hydrogens (tertiary/aromatic N) is 2. The summed E-state index contributed by atoms with van der Waals surface area (Å²) in [6.07, 6.45) is 1.58. The number of anilines is 1. The highest BCUT2D eigenvalue weighted by Crippen LogP contribution is 2.31. The van der Waals surface area contributed by atoms with Crippen LogP contribution in [0.5, 0.6) is 5.75 Å². The minimum atomic E-state index is -0.520. The van der Waals surface area contributed by atoms with E-state index < -0.39 is 5.60 Å². The fraction of sp³-hybridized carbons (Fsp3) is 0.650. The van der Waals surface area contributed by atoms with Crippen LogP contribution in [0.4, 0.5) is 10.5 Å². The Bertz CT molecular complexity index is 605. The monoisotopic (exact) mass is 363 g/mol. The first kappa shape index (κ1) is 20.4. The van der Waals surface area contributed by atoms with Gasteiger partial charge in [0.15, 0.2) is 0 Å². The molecule has 0 aliphatic carbocycles. The van der Waals surface area contributed by atoms with Crippen LogP contribution in [0.3, 0.4) is 0 Å². The van der Waals surface area contributed by atoms with Crippen LogP contribution in [0.1, 0.15) is 39.2 Å². The standard InChI is InChI=1S/C20H33N3O3/c1-20(2,3)26-19(24)23(15-10-12-21-13-11-15)14-16-17(22(4)5)8-7-9-18(16)25-6/h7-9,15,21H,10-14H2,1-6H3. The van der Waals surface area contributed by atoms with Crippen LogP contribution in [0.25, 0.3) is 0 Å². The second kappa shape index (κ2) is 8.62. The zero-order chi connectivity index (χ0) is 19.3. The minimum absolute atomic E-state index is 0.158. The Labute approximate surface area is 157 Å². The Morgan fingerprint density at radius 3 is 2.42 bits per heavy atom. The molecule has 0 atom stereocenters. The zero-order valence-corrected chi connectivity index (χ0v) is 17.0. The van der Waals surface area contributed by atoms with Crippen molar-refractivity contribution in [2.75, 3.05) is 39.2 Å². The molecular formula is C20H33N3O3. The molecule has 1 aliphatic rings. The highest BCUT2D eigenvalue weighted by molar-refractivity contribution is 5.70. The van der Waals surface area contributed by atoms with Crippen LogP contribution >= 0.6 is 0 Å². The van der Waals surface area contributed by atoms with E-state index in [0.29, 0.717) is 6.54 Å². The summed E-state index contributed by atoms with van der Waals surface area (Å²) in [7, 11) is 5.67. The molecule has 0 bridgehead atoms. The van der Waals surface area contributed by atoms with Gasteiger partial charge in [0.1, 0.15) is 11.4 Å². The summed E-state index contributed by atoms with van der Waals surface area (Å²) >= 11 is 0. The van der Waals surface area contributed by atoms with E-state index in [1.165, 1.54) is 0 Å². The molecule has 1 fully saturated rings. The molecule has 6 nitrogen and oxygen atoms in total. The van der Waals surface area contributed by atoms with Crippen LogP contribution in [-0.4, -0.2) is 56.9 Å². The molecule has 1 aromatic rings. The molecule has 146 valence electrons. The average Bonchev–Trinajstić information content (AvgIpc) is 2.58. The first-order valence-electron chi connectivity index (χ1n) is 9.26. The number of hydrogen-bond acceptors (Lipinski definition) is 5. The molecule has 26 heavy (non-hydrogen) atoms. The first-order valence-corrected chi connectivity index (χ1v) is 9.26. The molecule has 2 rings (SSSR count). The van der Waals surface area contributed by atoms with Crippen molar-refractivity contribution in [1.82, 2.24) is 10.2 Å². The van der Waals surface area contributed by atoms with E-state index in [2.05, 4.69) is 5.32 Å². The Morgan fingerprint density at radius 2 is 1.88 bits per heavy atom. The van der Waals surface area contributed by atoms with Gasteiger partial charge in [0.05, 0.1) is 13.7 Å². The third-order valence-corrected chi connectivity index (χ3v) is 4.52. The number of rotatable bonds is 5. The summed E-state index contributed by atoms with van der Waals surface area (Å²) in [6, 6.07) is 6.12. The lowest BCUT2D eigenvalue weighted by Crippen LogP contribution is -2.47. The average molecular weight is 364 g/mol. The number of carbonyl (C=O) groups is 1. The summed E-state index contributed by atoms with van der Waals surface area (Å²) in [5, 5.41) is 3.36. The molecule has 1 aromatic carbocycles. The van der Waals surface area contributed by atoms with Crippen LogP contribution in [0.15, 0.2) is 18.2 Å². The highest BCUT2D eigenvalue weighted by Gasteiger charge is 2.31. The Morgan fingerprint density at radius 1 is 1.23 bits per heavy atom. The maximum absolute atomic E-state index is 13.0. The predicted molar refractivity (Wildman–Crippen MR) is 105 cm³/mol. The molecule has 6 heteroatoms. The van der Waals surface area contributed by atoms with E-state index in [0.717, 1.165) is 42.9 Å². The molecule has 0 unspecified atom stereocenters. The van der Waals surface area contributed by atoms with Crippen LogP contribution in [0, 0.1) is 0 Å². The second-order valence-corrected chi connectivity index (χ2v) is 7.94. The summed E-state index contributed by atoms with van der Waals surface area (Å²) in [6.45, 7) is 8.00. The van der Waals surface area contributed by atoms with Crippen molar-refractivity contribution in [1.29, 1.82) is 0 Å². The third kappa shape index (κ3) is 5.27. The number of methoxy groups -OCH3 is 1. The van der Waals surface area contributed by atoms with Gasteiger partial charge < -0.3 is 24.6 Å². The van der Waals surface area contributed by atoms with E-state index in [-0.39, 0.29) is 12.1 Å². The van der Waals surface area contributed by atoms with E-state index in [9.17, 15) is 4.79 Å². The molecule has 0 saturated carbocycles. The number of hydrogen-bond donors (Lipinski definition) is 1. The molecule has 1 saturated heterocycles. The molecular weight excluding hydrogens is 330 g/mol. The Kier molecular flexibility index (Phi) is 6.75. The predicted octanol–water partition coefficient (Wildman–Crippen LogP) is 3.25. The fourth-order valence-corrected chi connectivity index (χ4v) is 3.28. The van der Waals surface area contributed by atoms with E-state index in [1.54, 1.807) is 7.11 Å². The van der Waals surface area contributed by atoms with Gasteiger partial charge in [-0.3, -0.25) is 0 Å². The van der Waals surface area contributed by atoms with Crippen molar-refractivity contribution in [3.05, 3.63) is 23.8 Å². The van der Waals surface area contributed by atoms with Crippen molar-refractivity contribution in [2.24, 2.45) is 0 Å². The van der Waals surface area contributed by atoms with Crippen molar-refractivity contribution < 1.29 is 14.3 Å². The summed E-state index contributed by atoms with van der Waals surface area (Å²) in [4.78, 5) is 16.9. The summed E-state index contributed by atoms with van der Waals surface area (Å²) < 4.78 is 11.3. The SMILES string of the molecule is COc1cccc(N(C)C)c1CN(C(=O)OC(C)(C)C)C1CCNCC1. The molecule has 0 aromatic heterocycles. The Balaban J connectivity index is 2.36. The number of ether oxygens (including phenoxy) is 2. The first-order chi connectivity index (χ1) is 12.2. The van der Waals surface area contributed by atoms with E-state index in [4.69, 9.17) is 9.47 Å². The van der Waals surface area contributed by atoms with Crippen LogP contribution in [-0.2, 0) is 11.3 Å². The smallest absolute Gasteiger partial charge is 0.410 e. The van der Waals surface area contributed by atoms with Crippen molar-refractivity contribution in [3.8, 4) is 5.75 Å². The maximum Gasteiger partial charge on any atom is 0.410 e. The summed E-state index contributed by atoms with van der Waals surface area (Å²) in [5.41, 5.74) is 1.53. The zero-order valence-electron chi connectivity index (χ0n) is 17.0. The molecule has 0 spiro atoms. The number of nitrogens with one attached hydrogen (secondary N) is 1. The van der Waals surface area contributed by atoms with E-state index >= 15 is 0 Å². The second-order valence-electron chi connectivity index (χ2n) is 7.94. The van der Waals surface area contributed by atoms with Crippen LogP contribution < -0.4 is 15.0 Å². The van der Waals surface area contributed by atoms with Gasteiger partial charge in [0, 0.05) is 31.4 Å². The fourth-order valence-electron chi connectivity index (χ4n) is 3.28. The van der Waals surface area contributed by atoms with Gasteiger partial charge in [0.2, 0.25) is 0 Å². The number of carbonyl (C=O) groups excluding carboxylic acids is 1. The van der Waals surface area contributed by atoms with Gasteiger partial charge in [-0.15, -0.1) is 0 Å². The van der Waals surface area contributed by atoms with Gasteiger partial charge in [-0.25, -0.2) is 4.79 Å². The summed E-state index contributed by atoms with van der Waals surface area (Å²) in [5.74, 6) is 0.790. The molecule has 1 amide bonds. The largest absolute Gasteiger partial charge is 0.496 e. The van der Waals surface area contributed by atoms with Gasteiger partial charge in [-0.1, -0.05) is 6.07 Å². The normalized spacial score (nSPS) is 15.5. The lowest BCUT2D eigenvalue weighted by Gasteiger charge is -2.36. The van der Waals surface area contributed by atoms with Crippen LogP contribution in [0.2, 0.25) is 0 Å². The Hall–Kier alpha value is -1.95. The minimum Gasteiger partial charge on any atom is -0.496 e. The lowest BCUT2D eigenvalue weighted by atomic mass is 10.0. The van der Waals surface area contributed by atoms with E-state index in [1.807, 2.05) is 62.9 Å². The number of benzene rings is 1. The van der Waals surface area contributed by atoms with Crippen molar-refractivity contribution in [3.63, 3.8) is 0 Å². The quantitative estimate of drug-likeness (QED) is 0.870.